The molecule has 1 atom stereocenters. The fraction of sp³-hybridized carbons (Fsp3) is 0.357. The fourth-order valence-electron chi connectivity index (χ4n) is 1.79. The number of aromatic nitrogens is 2. The average molecular weight is 307 g/mol. The van der Waals surface area contributed by atoms with Crippen molar-refractivity contribution >= 4 is 23.2 Å². The van der Waals surface area contributed by atoms with Crippen LogP contribution in [0.1, 0.15) is 28.8 Å². The molecule has 1 unspecified atom stereocenters. The summed E-state index contributed by atoms with van der Waals surface area (Å²) in [5.74, 6) is -1.57. The Balaban J connectivity index is 1.92. The van der Waals surface area contributed by atoms with E-state index in [9.17, 15) is 9.59 Å². The summed E-state index contributed by atoms with van der Waals surface area (Å²) in [6.07, 6.45) is 2.14. The first kappa shape index (κ1) is 15.2. The summed E-state index contributed by atoms with van der Waals surface area (Å²) in [7, 11) is 0. The van der Waals surface area contributed by atoms with Crippen LogP contribution in [0, 0.1) is 12.8 Å². The van der Waals surface area contributed by atoms with Gasteiger partial charge in [-0.3, -0.25) is 9.59 Å². The second kappa shape index (κ2) is 6.53. The SMILES string of the molecule is Cc1nc(-c2c[nH]c(C(=O)NCCC(C)C(=O)O)c2)cs1. The highest BCUT2D eigenvalue weighted by Gasteiger charge is 2.13. The number of thiazole rings is 1. The maximum absolute atomic E-state index is 11.9. The molecule has 6 nitrogen and oxygen atoms in total. The molecule has 112 valence electrons. The van der Waals surface area contributed by atoms with Gasteiger partial charge < -0.3 is 15.4 Å². The highest BCUT2D eigenvalue weighted by molar-refractivity contribution is 7.09. The molecule has 0 saturated carbocycles. The van der Waals surface area contributed by atoms with Crippen LogP contribution in [-0.4, -0.2) is 33.5 Å². The molecule has 2 aromatic heterocycles. The van der Waals surface area contributed by atoms with Gasteiger partial charge in [0.2, 0.25) is 0 Å². The molecule has 3 N–H and O–H groups in total. The number of rotatable bonds is 6. The quantitative estimate of drug-likeness (QED) is 0.763. The predicted molar refractivity (Wildman–Crippen MR) is 80.4 cm³/mol. The number of hydrogen-bond donors (Lipinski definition) is 3. The van der Waals surface area contributed by atoms with Crippen LogP contribution < -0.4 is 5.32 Å². The number of carbonyl (C=O) groups excluding carboxylic acids is 1. The number of carboxylic acids is 1. The van der Waals surface area contributed by atoms with Gasteiger partial charge in [-0.1, -0.05) is 6.92 Å². The molecule has 0 aromatic carbocycles. The minimum atomic E-state index is -0.856. The molecule has 2 aromatic rings. The Morgan fingerprint density at radius 2 is 2.29 bits per heavy atom. The van der Waals surface area contributed by atoms with Crippen LogP contribution in [0.2, 0.25) is 0 Å². The van der Waals surface area contributed by atoms with Gasteiger partial charge in [0.05, 0.1) is 16.6 Å². The maximum Gasteiger partial charge on any atom is 0.306 e. The summed E-state index contributed by atoms with van der Waals surface area (Å²) in [5.41, 5.74) is 2.15. The molecule has 0 spiro atoms. The van der Waals surface area contributed by atoms with E-state index in [1.165, 1.54) is 0 Å². The zero-order valence-electron chi connectivity index (χ0n) is 11.8. The van der Waals surface area contributed by atoms with Crippen LogP contribution in [0.5, 0.6) is 0 Å². The zero-order chi connectivity index (χ0) is 15.4. The number of hydrogen-bond acceptors (Lipinski definition) is 4. The number of carbonyl (C=O) groups is 2. The molecular weight excluding hydrogens is 290 g/mol. The molecule has 21 heavy (non-hydrogen) atoms. The summed E-state index contributed by atoms with van der Waals surface area (Å²) in [6.45, 7) is 3.88. The lowest BCUT2D eigenvalue weighted by molar-refractivity contribution is -0.141. The van der Waals surface area contributed by atoms with Crippen molar-refractivity contribution in [1.82, 2.24) is 15.3 Å². The molecule has 1 amide bonds. The second-order valence-corrected chi connectivity index (χ2v) is 5.90. The number of carboxylic acid groups (broad SMARTS) is 1. The molecule has 0 aliphatic heterocycles. The van der Waals surface area contributed by atoms with Gasteiger partial charge in [-0.05, 0) is 19.4 Å². The van der Waals surface area contributed by atoms with E-state index in [1.54, 1.807) is 30.5 Å². The standard InChI is InChI=1S/C14H17N3O3S/c1-8(14(19)20)3-4-15-13(18)11-5-10(6-16-11)12-7-21-9(2)17-12/h5-8,16H,3-4H2,1-2H3,(H,15,18)(H,19,20). The van der Waals surface area contributed by atoms with Crippen molar-refractivity contribution in [3.8, 4) is 11.3 Å². The number of amides is 1. The lowest BCUT2D eigenvalue weighted by atomic mass is 10.1. The van der Waals surface area contributed by atoms with Crippen molar-refractivity contribution in [1.29, 1.82) is 0 Å². The highest BCUT2D eigenvalue weighted by atomic mass is 32.1. The number of nitrogens with one attached hydrogen (secondary N) is 2. The van der Waals surface area contributed by atoms with E-state index < -0.39 is 11.9 Å². The van der Waals surface area contributed by atoms with Gasteiger partial charge in [0, 0.05) is 23.7 Å². The van der Waals surface area contributed by atoms with Crippen LogP contribution in [0.25, 0.3) is 11.3 Å². The first-order chi connectivity index (χ1) is 9.97. The van der Waals surface area contributed by atoms with Gasteiger partial charge >= 0.3 is 5.97 Å². The average Bonchev–Trinajstić information content (AvgIpc) is 3.06. The van der Waals surface area contributed by atoms with E-state index in [0.717, 1.165) is 16.3 Å². The van der Waals surface area contributed by atoms with Crippen molar-refractivity contribution in [3.05, 3.63) is 28.3 Å². The minimum Gasteiger partial charge on any atom is -0.481 e. The summed E-state index contributed by atoms with van der Waals surface area (Å²) in [4.78, 5) is 29.9. The minimum absolute atomic E-state index is 0.245. The lowest BCUT2D eigenvalue weighted by Crippen LogP contribution is -2.27. The monoisotopic (exact) mass is 307 g/mol. The molecule has 0 bridgehead atoms. The van der Waals surface area contributed by atoms with Gasteiger partial charge in [-0.25, -0.2) is 4.98 Å². The first-order valence-corrected chi connectivity index (χ1v) is 7.47. The Morgan fingerprint density at radius 3 is 2.90 bits per heavy atom. The fourth-order valence-corrected chi connectivity index (χ4v) is 2.41. The van der Waals surface area contributed by atoms with Crippen molar-refractivity contribution in [2.45, 2.75) is 20.3 Å². The van der Waals surface area contributed by atoms with Crippen LogP contribution in [-0.2, 0) is 4.79 Å². The van der Waals surface area contributed by atoms with Gasteiger partial charge in [-0.15, -0.1) is 11.3 Å². The third-order valence-electron chi connectivity index (χ3n) is 3.13. The molecule has 0 aliphatic carbocycles. The van der Waals surface area contributed by atoms with Gasteiger partial charge in [-0.2, -0.15) is 0 Å². The molecule has 0 radical (unpaired) electrons. The zero-order valence-corrected chi connectivity index (χ0v) is 12.7. The summed E-state index contributed by atoms with van der Waals surface area (Å²) in [6, 6.07) is 1.74. The molecule has 0 aliphatic rings. The Labute approximate surface area is 126 Å². The molecule has 0 fully saturated rings. The third-order valence-corrected chi connectivity index (χ3v) is 3.90. The maximum atomic E-state index is 11.9. The van der Waals surface area contributed by atoms with Gasteiger partial charge in [0.25, 0.3) is 5.91 Å². The van der Waals surface area contributed by atoms with Crippen LogP contribution >= 0.6 is 11.3 Å². The van der Waals surface area contributed by atoms with Gasteiger partial charge in [0.1, 0.15) is 5.69 Å². The highest BCUT2D eigenvalue weighted by Crippen LogP contribution is 2.22. The number of H-pyrrole nitrogens is 1. The second-order valence-electron chi connectivity index (χ2n) is 4.84. The largest absolute Gasteiger partial charge is 0.481 e. The number of nitrogens with zero attached hydrogens (tertiary/aromatic N) is 1. The van der Waals surface area contributed by atoms with Crippen molar-refractivity contribution in [2.75, 3.05) is 6.54 Å². The van der Waals surface area contributed by atoms with E-state index >= 15 is 0 Å². The van der Waals surface area contributed by atoms with E-state index in [1.807, 2.05) is 12.3 Å². The van der Waals surface area contributed by atoms with E-state index in [2.05, 4.69) is 15.3 Å². The molecule has 0 saturated heterocycles. The summed E-state index contributed by atoms with van der Waals surface area (Å²) >= 11 is 1.56. The normalized spacial score (nSPS) is 12.1. The van der Waals surface area contributed by atoms with Crippen molar-refractivity contribution in [3.63, 3.8) is 0 Å². The Hall–Kier alpha value is -2.15. The van der Waals surface area contributed by atoms with E-state index in [0.29, 0.717) is 18.7 Å². The lowest BCUT2D eigenvalue weighted by Gasteiger charge is -2.06. The predicted octanol–water partition coefficient (Wildman–Crippen LogP) is 2.29. The van der Waals surface area contributed by atoms with Crippen molar-refractivity contribution in [2.24, 2.45) is 5.92 Å². The van der Waals surface area contributed by atoms with Crippen molar-refractivity contribution < 1.29 is 14.7 Å². The van der Waals surface area contributed by atoms with E-state index in [4.69, 9.17) is 5.11 Å². The smallest absolute Gasteiger partial charge is 0.306 e. The van der Waals surface area contributed by atoms with Crippen LogP contribution in [0.15, 0.2) is 17.6 Å². The molecule has 2 heterocycles. The molecule has 7 heteroatoms. The van der Waals surface area contributed by atoms with Gasteiger partial charge in [0.15, 0.2) is 0 Å². The Kier molecular flexibility index (Phi) is 4.74. The van der Waals surface area contributed by atoms with Crippen LogP contribution in [0.4, 0.5) is 0 Å². The number of aliphatic carboxylic acids is 1. The van der Waals surface area contributed by atoms with E-state index in [-0.39, 0.29) is 5.91 Å². The number of aromatic amines is 1. The van der Waals surface area contributed by atoms with Crippen LogP contribution in [0.3, 0.4) is 0 Å². The third kappa shape index (κ3) is 3.91. The first-order valence-electron chi connectivity index (χ1n) is 6.59. The molecule has 2 rings (SSSR count). The molecular formula is C14H17N3O3S. The summed E-state index contributed by atoms with van der Waals surface area (Å²) < 4.78 is 0. The Bertz CT molecular complexity index is 647. The summed E-state index contributed by atoms with van der Waals surface area (Å²) in [5, 5.41) is 14.4. The number of aryl methyl sites for hydroxylation is 1. The Morgan fingerprint density at radius 1 is 1.52 bits per heavy atom. The topological polar surface area (TPSA) is 95.1 Å².